The zero-order chi connectivity index (χ0) is 15.0. The lowest BCUT2D eigenvalue weighted by molar-refractivity contribution is 0.486. The first-order valence-electron chi connectivity index (χ1n) is 6.07. The molecule has 1 aromatic heterocycles. The Balaban J connectivity index is 1.95. The molecule has 0 atom stereocenters. The zero-order valence-corrected chi connectivity index (χ0v) is 12.6. The van der Waals surface area contributed by atoms with E-state index < -0.39 is 10.1 Å². The Bertz CT molecular complexity index is 902. The number of halogens is 1. The molecule has 1 heterocycles. The molecule has 7 heteroatoms. The van der Waals surface area contributed by atoms with Crippen LogP contribution in [0.25, 0.3) is 11.0 Å². The summed E-state index contributed by atoms with van der Waals surface area (Å²) in [5.74, 6) is 0.219. The van der Waals surface area contributed by atoms with Crippen molar-refractivity contribution in [3.05, 3.63) is 53.8 Å². The SMILES string of the molecule is Cn1cnc2cc(OS(=O)(=O)c3ccc(Cl)cc3)ccc21. The van der Waals surface area contributed by atoms with Crippen molar-refractivity contribution in [3.8, 4) is 5.75 Å². The highest BCUT2D eigenvalue weighted by atomic mass is 35.5. The molecular formula is C14H11ClN2O3S. The van der Waals surface area contributed by atoms with Gasteiger partial charge in [0, 0.05) is 18.1 Å². The van der Waals surface area contributed by atoms with Crippen LogP contribution in [0.2, 0.25) is 5.02 Å². The highest BCUT2D eigenvalue weighted by molar-refractivity contribution is 7.87. The molecule has 2 aromatic carbocycles. The predicted molar refractivity (Wildman–Crippen MR) is 80.0 cm³/mol. The third-order valence-electron chi connectivity index (χ3n) is 3.01. The van der Waals surface area contributed by atoms with Gasteiger partial charge in [-0.15, -0.1) is 0 Å². The van der Waals surface area contributed by atoms with Crippen molar-refractivity contribution in [1.82, 2.24) is 9.55 Å². The normalized spacial score (nSPS) is 11.7. The lowest BCUT2D eigenvalue weighted by Gasteiger charge is -2.07. The third kappa shape index (κ3) is 2.72. The maximum absolute atomic E-state index is 12.2. The van der Waals surface area contributed by atoms with Crippen LogP contribution in [-0.2, 0) is 17.2 Å². The Labute approximate surface area is 126 Å². The van der Waals surface area contributed by atoms with Gasteiger partial charge in [-0.3, -0.25) is 0 Å². The van der Waals surface area contributed by atoms with Crippen LogP contribution in [-0.4, -0.2) is 18.0 Å². The summed E-state index contributed by atoms with van der Waals surface area (Å²) < 4.78 is 31.3. The first kappa shape index (κ1) is 13.9. The molecule has 0 saturated carbocycles. The van der Waals surface area contributed by atoms with E-state index in [1.165, 1.54) is 24.3 Å². The van der Waals surface area contributed by atoms with Gasteiger partial charge in [-0.05, 0) is 36.4 Å². The molecule has 0 spiro atoms. The molecule has 0 fully saturated rings. The largest absolute Gasteiger partial charge is 0.379 e. The van der Waals surface area contributed by atoms with Gasteiger partial charge in [0.15, 0.2) is 0 Å². The van der Waals surface area contributed by atoms with Crippen molar-refractivity contribution in [2.24, 2.45) is 7.05 Å². The molecule has 0 aliphatic rings. The summed E-state index contributed by atoms with van der Waals surface area (Å²) in [5, 5.41) is 0.462. The smallest absolute Gasteiger partial charge is 0.339 e. The number of aromatic nitrogens is 2. The van der Waals surface area contributed by atoms with Crippen molar-refractivity contribution >= 4 is 32.8 Å². The fraction of sp³-hybridized carbons (Fsp3) is 0.0714. The molecule has 21 heavy (non-hydrogen) atoms. The minimum absolute atomic E-state index is 0.0491. The number of fused-ring (bicyclic) bond motifs is 1. The van der Waals surface area contributed by atoms with Gasteiger partial charge < -0.3 is 8.75 Å². The van der Waals surface area contributed by atoms with E-state index in [-0.39, 0.29) is 10.6 Å². The molecule has 3 aromatic rings. The summed E-state index contributed by atoms with van der Waals surface area (Å²) >= 11 is 5.74. The van der Waals surface area contributed by atoms with Gasteiger partial charge in [-0.2, -0.15) is 8.42 Å². The van der Waals surface area contributed by atoms with E-state index in [9.17, 15) is 8.42 Å². The van der Waals surface area contributed by atoms with Gasteiger partial charge in [-0.25, -0.2) is 4.98 Å². The van der Waals surface area contributed by atoms with E-state index in [1.54, 1.807) is 24.5 Å². The molecular weight excluding hydrogens is 312 g/mol. The van der Waals surface area contributed by atoms with Crippen LogP contribution in [0.1, 0.15) is 0 Å². The van der Waals surface area contributed by atoms with Crippen molar-refractivity contribution in [2.75, 3.05) is 0 Å². The Morgan fingerprint density at radius 3 is 2.57 bits per heavy atom. The van der Waals surface area contributed by atoms with Crippen LogP contribution in [0, 0.1) is 0 Å². The number of rotatable bonds is 3. The Morgan fingerprint density at radius 1 is 1.14 bits per heavy atom. The van der Waals surface area contributed by atoms with E-state index in [1.807, 2.05) is 11.6 Å². The molecule has 0 N–H and O–H groups in total. The fourth-order valence-corrected chi connectivity index (χ4v) is 2.99. The molecule has 0 bridgehead atoms. The first-order valence-corrected chi connectivity index (χ1v) is 7.85. The van der Waals surface area contributed by atoms with E-state index in [0.717, 1.165) is 5.52 Å². The molecule has 0 aliphatic carbocycles. The molecule has 108 valence electrons. The Hall–Kier alpha value is -2.05. The second kappa shape index (κ2) is 5.05. The predicted octanol–water partition coefficient (Wildman–Crippen LogP) is 2.99. The first-order chi connectivity index (χ1) is 9.95. The number of aryl methyl sites for hydroxylation is 1. The highest BCUT2D eigenvalue weighted by Gasteiger charge is 2.17. The van der Waals surface area contributed by atoms with Crippen molar-refractivity contribution in [1.29, 1.82) is 0 Å². The summed E-state index contributed by atoms with van der Waals surface area (Å²) in [7, 11) is -2.02. The lowest BCUT2D eigenvalue weighted by Crippen LogP contribution is -2.09. The average molecular weight is 323 g/mol. The van der Waals surface area contributed by atoms with E-state index >= 15 is 0 Å². The second-order valence-corrected chi connectivity index (χ2v) is 6.48. The summed E-state index contributed by atoms with van der Waals surface area (Å²) in [6.07, 6.45) is 1.65. The molecule has 0 amide bonds. The van der Waals surface area contributed by atoms with Crippen LogP contribution < -0.4 is 4.18 Å². The topological polar surface area (TPSA) is 61.2 Å². The molecule has 0 saturated heterocycles. The number of hydrogen-bond acceptors (Lipinski definition) is 4. The maximum atomic E-state index is 12.2. The maximum Gasteiger partial charge on any atom is 0.339 e. The summed E-state index contributed by atoms with van der Waals surface area (Å²) in [4.78, 5) is 4.21. The third-order valence-corrected chi connectivity index (χ3v) is 4.52. The minimum atomic E-state index is -3.89. The van der Waals surface area contributed by atoms with Crippen LogP contribution in [0.3, 0.4) is 0 Å². The van der Waals surface area contributed by atoms with E-state index in [2.05, 4.69) is 4.98 Å². The van der Waals surface area contributed by atoms with Crippen molar-refractivity contribution < 1.29 is 12.6 Å². The summed E-state index contributed by atoms with van der Waals surface area (Å²) in [6.45, 7) is 0. The lowest BCUT2D eigenvalue weighted by atomic mass is 10.3. The number of hydrogen-bond donors (Lipinski definition) is 0. The molecule has 5 nitrogen and oxygen atoms in total. The number of nitrogens with zero attached hydrogens (tertiary/aromatic N) is 2. The molecule has 0 unspecified atom stereocenters. The Morgan fingerprint density at radius 2 is 1.86 bits per heavy atom. The molecule has 0 aliphatic heterocycles. The van der Waals surface area contributed by atoms with Gasteiger partial charge in [0.1, 0.15) is 10.6 Å². The van der Waals surface area contributed by atoms with E-state index in [0.29, 0.717) is 10.5 Å². The van der Waals surface area contributed by atoms with Crippen LogP contribution in [0.15, 0.2) is 53.7 Å². The van der Waals surface area contributed by atoms with Gasteiger partial charge in [0.05, 0.1) is 17.4 Å². The fourth-order valence-electron chi connectivity index (χ4n) is 1.94. The van der Waals surface area contributed by atoms with Gasteiger partial charge in [-0.1, -0.05) is 11.6 Å². The quantitative estimate of drug-likeness (QED) is 0.695. The second-order valence-electron chi connectivity index (χ2n) is 4.50. The molecule has 3 rings (SSSR count). The number of benzene rings is 2. The number of imidazole rings is 1. The average Bonchev–Trinajstić information content (AvgIpc) is 2.80. The van der Waals surface area contributed by atoms with Crippen LogP contribution in [0.4, 0.5) is 0 Å². The van der Waals surface area contributed by atoms with Crippen LogP contribution >= 0.6 is 11.6 Å². The van der Waals surface area contributed by atoms with Crippen molar-refractivity contribution in [3.63, 3.8) is 0 Å². The van der Waals surface area contributed by atoms with Gasteiger partial charge >= 0.3 is 10.1 Å². The van der Waals surface area contributed by atoms with Gasteiger partial charge in [0.2, 0.25) is 0 Å². The standard InChI is InChI=1S/C14H11ClN2O3S/c1-17-9-16-13-8-11(4-7-14(13)17)20-21(18,19)12-5-2-10(15)3-6-12/h2-9H,1H3. The van der Waals surface area contributed by atoms with Crippen LogP contribution in [0.5, 0.6) is 5.75 Å². The zero-order valence-electron chi connectivity index (χ0n) is 11.0. The van der Waals surface area contributed by atoms with Gasteiger partial charge in [0.25, 0.3) is 0 Å². The van der Waals surface area contributed by atoms with Crippen molar-refractivity contribution in [2.45, 2.75) is 4.90 Å². The monoisotopic (exact) mass is 322 g/mol. The Kier molecular flexibility index (Phi) is 3.35. The summed E-state index contributed by atoms with van der Waals surface area (Å²) in [5.41, 5.74) is 1.56. The minimum Gasteiger partial charge on any atom is -0.379 e. The van der Waals surface area contributed by atoms with E-state index in [4.69, 9.17) is 15.8 Å². The summed E-state index contributed by atoms with van der Waals surface area (Å²) in [6, 6.07) is 10.7. The molecule has 0 radical (unpaired) electrons. The highest BCUT2D eigenvalue weighted by Crippen LogP contribution is 2.23.